The second-order valence-electron chi connectivity index (χ2n) is 5.41. The van der Waals surface area contributed by atoms with Crippen LogP contribution in [0.3, 0.4) is 0 Å². The zero-order valence-corrected chi connectivity index (χ0v) is 14.2. The first-order valence-corrected chi connectivity index (χ1v) is 9.02. The summed E-state index contributed by atoms with van der Waals surface area (Å²) < 4.78 is 2.84. The normalized spacial score (nSPS) is 15.2. The zero-order chi connectivity index (χ0) is 15.8. The van der Waals surface area contributed by atoms with Crippen molar-refractivity contribution in [2.75, 3.05) is 0 Å². The van der Waals surface area contributed by atoms with Crippen molar-refractivity contribution in [3.8, 4) is 11.3 Å². The highest BCUT2D eigenvalue weighted by molar-refractivity contribution is 8.05. The third-order valence-electron chi connectivity index (χ3n) is 3.75. The Kier molecular flexibility index (Phi) is 3.63. The SMILES string of the molecule is Cc1ccc(/C=C2/Sc3scc(-c4ccccc4)[n+]3C2=O)cc1. The molecule has 1 aliphatic rings. The van der Waals surface area contributed by atoms with E-state index in [-0.39, 0.29) is 5.91 Å². The minimum Gasteiger partial charge on any atom is -0.213 e. The fourth-order valence-electron chi connectivity index (χ4n) is 2.53. The minimum absolute atomic E-state index is 0.0608. The topological polar surface area (TPSA) is 20.9 Å². The molecule has 1 aromatic heterocycles. The smallest absolute Gasteiger partial charge is 0.213 e. The third-order valence-corrected chi connectivity index (χ3v) is 5.88. The molecule has 4 heteroatoms. The summed E-state index contributed by atoms with van der Waals surface area (Å²) in [5.74, 6) is 0.0608. The van der Waals surface area contributed by atoms with Gasteiger partial charge in [-0.2, -0.15) is 0 Å². The summed E-state index contributed by atoms with van der Waals surface area (Å²) in [7, 11) is 0. The molecular formula is C19H14NOS2+. The average molecular weight is 336 g/mol. The van der Waals surface area contributed by atoms with Crippen molar-refractivity contribution >= 4 is 35.1 Å². The molecule has 3 aromatic rings. The molecule has 0 saturated heterocycles. The van der Waals surface area contributed by atoms with Crippen LogP contribution in [-0.2, 0) is 0 Å². The molecule has 0 fully saturated rings. The first-order valence-electron chi connectivity index (χ1n) is 7.32. The lowest BCUT2D eigenvalue weighted by atomic mass is 10.1. The van der Waals surface area contributed by atoms with Crippen molar-refractivity contribution in [2.24, 2.45) is 0 Å². The van der Waals surface area contributed by atoms with Crippen LogP contribution >= 0.6 is 23.1 Å². The molecule has 0 bridgehead atoms. The molecule has 23 heavy (non-hydrogen) atoms. The van der Waals surface area contributed by atoms with E-state index in [2.05, 4.69) is 24.4 Å². The fraction of sp³-hybridized carbons (Fsp3) is 0.0526. The summed E-state index contributed by atoms with van der Waals surface area (Å²) in [6, 6.07) is 18.3. The van der Waals surface area contributed by atoms with Crippen LogP contribution in [0.15, 0.2) is 69.2 Å². The van der Waals surface area contributed by atoms with E-state index in [9.17, 15) is 4.79 Å². The van der Waals surface area contributed by atoms with Gasteiger partial charge in [0, 0.05) is 17.3 Å². The van der Waals surface area contributed by atoms with Crippen molar-refractivity contribution in [3.05, 3.63) is 76.0 Å². The Bertz CT molecular complexity index is 908. The van der Waals surface area contributed by atoms with Crippen LogP contribution in [0.25, 0.3) is 17.3 Å². The zero-order valence-electron chi connectivity index (χ0n) is 12.5. The van der Waals surface area contributed by atoms with Crippen LogP contribution in [-0.4, -0.2) is 5.91 Å². The van der Waals surface area contributed by atoms with Crippen LogP contribution < -0.4 is 4.57 Å². The fourth-order valence-corrected chi connectivity index (χ4v) is 4.71. The molecule has 0 saturated carbocycles. The number of thioether (sulfide) groups is 1. The van der Waals surface area contributed by atoms with Gasteiger partial charge in [0.1, 0.15) is 4.91 Å². The number of carbonyl (C=O) groups excluding carboxylic acids is 1. The largest absolute Gasteiger partial charge is 0.433 e. The first-order chi connectivity index (χ1) is 11.2. The summed E-state index contributed by atoms with van der Waals surface area (Å²) >= 11 is 3.17. The van der Waals surface area contributed by atoms with Crippen molar-refractivity contribution in [1.82, 2.24) is 0 Å². The van der Waals surface area contributed by atoms with E-state index in [0.717, 1.165) is 26.1 Å². The van der Waals surface area contributed by atoms with Gasteiger partial charge in [0.05, 0.1) is 5.38 Å². The van der Waals surface area contributed by atoms with E-state index in [1.165, 1.54) is 5.56 Å². The molecule has 0 N–H and O–H groups in total. The van der Waals surface area contributed by atoms with Gasteiger partial charge in [-0.3, -0.25) is 0 Å². The van der Waals surface area contributed by atoms with E-state index in [4.69, 9.17) is 0 Å². The number of rotatable bonds is 2. The molecule has 112 valence electrons. The van der Waals surface area contributed by atoms with Crippen LogP contribution in [0, 0.1) is 6.92 Å². The van der Waals surface area contributed by atoms with E-state index < -0.39 is 0 Å². The van der Waals surface area contributed by atoms with Crippen LogP contribution in [0.2, 0.25) is 0 Å². The average Bonchev–Trinajstić information content (AvgIpc) is 3.12. The van der Waals surface area contributed by atoms with Gasteiger partial charge in [0.2, 0.25) is 5.69 Å². The maximum Gasteiger partial charge on any atom is 0.433 e. The highest BCUT2D eigenvalue weighted by Gasteiger charge is 2.40. The molecule has 0 unspecified atom stereocenters. The highest BCUT2D eigenvalue weighted by atomic mass is 32.2. The first kappa shape index (κ1) is 14.4. The predicted molar refractivity (Wildman–Crippen MR) is 95.6 cm³/mol. The second kappa shape index (κ2) is 5.80. The quantitative estimate of drug-likeness (QED) is 0.495. The molecule has 2 nitrogen and oxygen atoms in total. The Labute approximate surface area is 143 Å². The molecule has 0 amide bonds. The molecule has 2 aromatic carbocycles. The van der Waals surface area contributed by atoms with E-state index >= 15 is 0 Å². The van der Waals surface area contributed by atoms with Crippen molar-refractivity contribution < 1.29 is 9.36 Å². The summed E-state index contributed by atoms with van der Waals surface area (Å²) in [5, 5.41) is 2.05. The lowest BCUT2D eigenvalue weighted by Gasteiger charge is -1.96. The number of hydrogen-bond donors (Lipinski definition) is 0. The number of aromatic nitrogens is 1. The van der Waals surface area contributed by atoms with Gasteiger partial charge in [-0.15, -0.1) is 4.57 Å². The third kappa shape index (κ3) is 2.64. The Morgan fingerprint density at radius 2 is 1.74 bits per heavy atom. The Balaban J connectivity index is 1.72. The Morgan fingerprint density at radius 3 is 2.48 bits per heavy atom. The lowest BCUT2D eigenvalue weighted by Crippen LogP contribution is -2.40. The molecular weight excluding hydrogens is 322 g/mol. The van der Waals surface area contributed by atoms with Gasteiger partial charge in [-0.05, 0) is 30.7 Å². The predicted octanol–water partition coefficient (Wildman–Crippen LogP) is 4.80. The molecule has 0 aliphatic carbocycles. The molecule has 2 heterocycles. The van der Waals surface area contributed by atoms with Crippen LogP contribution in [0.1, 0.15) is 15.9 Å². The van der Waals surface area contributed by atoms with E-state index in [0.29, 0.717) is 0 Å². The lowest BCUT2D eigenvalue weighted by molar-refractivity contribution is -0.588. The van der Waals surface area contributed by atoms with Crippen molar-refractivity contribution in [1.29, 1.82) is 0 Å². The van der Waals surface area contributed by atoms with E-state index in [1.807, 2.05) is 53.1 Å². The number of benzene rings is 2. The molecule has 0 spiro atoms. The van der Waals surface area contributed by atoms with Gasteiger partial charge in [-0.25, -0.2) is 4.79 Å². The van der Waals surface area contributed by atoms with Crippen molar-refractivity contribution in [3.63, 3.8) is 0 Å². The summed E-state index contributed by atoms with van der Waals surface area (Å²) in [6.45, 7) is 2.06. The summed E-state index contributed by atoms with van der Waals surface area (Å²) in [4.78, 5) is 13.6. The standard InChI is InChI=1S/C19H14NOS2/c1-13-7-9-14(10-8-13)11-17-18(21)20-16(12-22-19(20)23-17)15-5-3-2-4-6-15/h2-12H,1H3/q+1/b17-11+. The highest BCUT2D eigenvalue weighted by Crippen LogP contribution is 2.37. The van der Waals surface area contributed by atoms with Gasteiger partial charge < -0.3 is 0 Å². The minimum atomic E-state index is 0.0608. The van der Waals surface area contributed by atoms with E-state index in [1.54, 1.807) is 23.1 Å². The number of fused-ring (bicyclic) bond motifs is 1. The summed E-state index contributed by atoms with van der Waals surface area (Å²) in [5.41, 5.74) is 4.32. The second-order valence-corrected chi connectivity index (χ2v) is 7.56. The van der Waals surface area contributed by atoms with Crippen LogP contribution in [0.4, 0.5) is 0 Å². The Morgan fingerprint density at radius 1 is 1.00 bits per heavy atom. The molecule has 0 radical (unpaired) electrons. The summed E-state index contributed by atoms with van der Waals surface area (Å²) in [6.07, 6.45) is 1.97. The van der Waals surface area contributed by atoms with Gasteiger partial charge in [0.15, 0.2) is 0 Å². The number of allylic oxidation sites excluding steroid dienone is 1. The number of hydrogen-bond acceptors (Lipinski definition) is 3. The van der Waals surface area contributed by atoms with Crippen molar-refractivity contribution in [2.45, 2.75) is 11.3 Å². The maximum absolute atomic E-state index is 12.8. The van der Waals surface area contributed by atoms with Crippen LogP contribution in [0.5, 0.6) is 0 Å². The number of aryl methyl sites for hydroxylation is 1. The molecule has 1 aliphatic heterocycles. The molecule has 4 rings (SSSR count). The Hall–Kier alpha value is -2.17. The van der Waals surface area contributed by atoms with Gasteiger partial charge in [-0.1, -0.05) is 59.4 Å². The van der Waals surface area contributed by atoms with Gasteiger partial charge in [0.25, 0.3) is 0 Å². The monoisotopic (exact) mass is 336 g/mol. The van der Waals surface area contributed by atoms with Gasteiger partial charge >= 0.3 is 10.2 Å². The number of thiazole rings is 1. The molecule has 0 atom stereocenters. The number of nitrogens with zero attached hydrogens (tertiary/aromatic N) is 1. The number of carbonyl (C=O) groups is 1. The maximum atomic E-state index is 12.8.